The van der Waals surface area contributed by atoms with E-state index in [1.807, 2.05) is 42.5 Å². The molecule has 0 atom stereocenters. The molecular weight excluding hydrogens is 354 g/mol. The lowest BCUT2D eigenvalue weighted by Gasteiger charge is -2.10. The van der Waals surface area contributed by atoms with E-state index in [1.54, 1.807) is 13.2 Å². The van der Waals surface area contributed by atoms with Gasteiger partial charge in [0.1, 0.15) is 5.82 Å². The Kier molecular flexibility index (Phi) is 6.68. The molecule has 0 fully saturated rings. The minimum absolute atomic E-state index is 0.151. The summed E-state index contributed by atoms with van der Waals surface area (Å²) in [5.41, 5.74) is 2.81. The van der Waals surface area contributed by atoms with Crippen molar-refractivity contribution in [1.82, 2.24) is 15.3 Å². The second-order valence-electron chi connectivity index (χ2n) is 6.33. The van der Waals surface area contributed by atoms with E-state index < -0.39 is 0 Å². The molecule has 1 amide bonds. The molecule has 1 aromatic heterocycles. The molecule has 3 rings (SSSR count). The molecule has 0 radical (unpaired) electrons. The summed E-state index contributed by atoms with van der Waals surface area (Å²) >= 11 is 0. The van der Waals surface area contributed by atoms with Crippen molar-refractivity contribution in [2.45, 2.75) is 19.8 Å². The first kappa shape index (κ1) is 19.5. The van der Waals surface area contributed by atoms with Crippen LogP contribution in [0.1, 0.15) is 24.7 Å². The summed E-state index contributed by atoms with van der Waals surface area (Å²) in [6.45, 7) is 3.20. The van der Waals surface area contributed by atoms with Crippen LogP contribution in [0.15, 0.2) is 48.5 Å². The zero-order valence-electron chi connectivity index (χ0n) is 16.2. The van der Waals surface area contributed by atoms with Crippen LogP contribution in [-0.4, -0.2) is 36.1 Å². The second kappa shape index (κ2) is 9.60. The lowest BCUT2D eigenvalue weighted by atomic mass is 10.2. The maximum absolute atomic E-state index is 12.1. The van der Waals surface area contributed by atoms with Crippen LogP contribution in [0.5, 0.6) is 11.5 Å². The number of aromatic amines is 1. The summed E-state index contributed by atoms with van der Waals surface area (Å²) in [5, 5.41) is 2.87. The molecule has 0 spiro atoms. The fourth-order valence-electron chi connectivity index (χ4n) is 2.78. The van der Waals surface area contributed by atoms with E-state index in [1.165, 1.54) is 6.08 Å². The Morgan fingerprint density at radius 1 is 1.21 bits per heavy atom. The summed E-state index contributed by atoms with van der Waals surface area (Å²) < 4.78 is 11.0. The van der Waals surface area contributed by atoms with Crippen LogP contribution in [0.4, 0.5) is 0 Å². The lowest BCUT2D eigenvalue weighted by Crippen LogP contribution is -2.23. The third-order valence-corrected chi connectivity index (χ3v) is 4.18. The molecule has 28 heavy (non-hydrogen) atoms. The predicted octanol–water partition coefficient (Wildman–Crippen LogP) is 3.73. The number of nitrogens with one attached hydrogen (secondary N) is 2. The topological polar surface area (TPSA) is 76.2 Å². The number of carbonyl (C=O) groups excluding carboxylic acids is 1. The highest BCUT2D eigenvalue weighted by atomic mass is 16.5. The van der Waals surface area contributed by atoms with E-state index in [0.717, 1.165) is 28.8 Å². The summed E-state index contributed by atoms with van der Waals surface area (Å²) in [4.78, 5) is 19.8. The van der Waals surface area contributed by atoms with Gasteiger partial charge in [0.2, 0.25) is 5.91 Å². The van der Waals surface area contributed by atoms with Gasteiger partial charge in [-0.1, -0.05) is 25.1 Å². The van der Waals surface area contributed by atoms with Crippen LogP contribution in [0.25, 0.3) is 17.1 Å². The molecular formula is C22H25N3O3. The highest BCUT2D eigenvalue weighted by Crippen LogP contribution is 2.28. The highest BCUT2D eigenvalue weighted by molar-refractivity contribution is 5.91. The molecule has 0 aliphatic heterocycles. The molecule has 0 bridgehead atoms. The Morgan fingerprint density at radius 3 is 2.86 bits per heavy atom. The van der Waals surface area contributed by atoms with Crippen LogP contribution < -0.4 is 14.8 Å². The predicted molar refractivity (Wildman–Crippen MR) is 111 cm³/mol. The number of fused-ring (bicyclic) bond motifs is 1. The van der Waals surface area contributed by atoms with Gasteiger partial charge in [-0.2, -0.15) is 0 Å². The first-order valence-corrected chi connectivity index (χ1v) is 9.40. The SMILES string of the molecule is CCCOc1ccc(/C=C\C(=O)NCCc2nc3ccccc3[nH]2)cc1OC. The standard InChI is InChI=1S/C22H25N3O3/c1-3-14-28-19-10-8-16(15-20(19)27-2)9-11-22(26)23-13-12-21-24-17-6-4-5-7-18(17)25-21/h4-11,15H,3,12-14H2,1-2H3,(H,23,26)(H,24,25)/b11-9-. The molecule has 0 saturated heterocycles. The van der Waals surface area contributed by atoms with Gasteiger partial charge in [-0.25, -0.2) is 4.98 Å². The van der Waals surface area contributed by atoms with Crippen LogP contribution in [0.3, 0.4) is 0 Å². The van der Waals surface area contributed by atoms with Gasteiger partial charge >= 0.3 is 0 Å². The van der Waals surface area contributed by atoms with Crippen molar-refractivity contribution < 1.29 is 14.3 Å². The number of hydrogen-bond acceptors (Lipinski definition) is 4. The fourth-order valence-corrected chi connectivity index (χ4v) is 2.78. The van der Waals surface area contributed by atoms with Crippen LogP contribution in [0, 0.1) is 0 Å². The molecule has 6 nitrogen and oxygen atoms in total. The summed E-state index contributed by atoms with van der Waals surface area (Å²) in [6.07, 6.45) is 4.84. The molecule has 3 aromatic rings. The van der Waals surface area contributed by atoms with Gasteiger partial charge in [-0.15, -0.1) is 0 Å². The van der Waals surface area contributed by atoms with Gasteiger partial charge < -0.3 is 19.8 Å². The van der Waals surface area contributed by atoms with Crippen molar-refractivity contribution in [3.8, 4) is 11.5 Å². The Hall–Kier alpha value is -3.28. The number of aromatic nitrogens is 2. The van der Waals surface area contributed by atoms with Crippen molar-refractivity contribution in [1.29, 1.82) is 0 Å². The van der Waals surface area contributed by atoms with E-state index >= 15 is 0 Å². The fraction of sp³-hybridized carbons (Fsp3) is 0.273. The number of imidazole rings is 1. The molecule has 0 saturated carbocycles. The van der Waals surface area contributed by atoms with Crippen molar-refractivity contribution >= 4 is 23.0 Å². The number of benzene rings is 2. The Balaban J connectivity index is 1.51. The Morgan fingerprint density at radius 2 is 2.07 bits per heavy atom. The van der Waals surface area contributed by atoms with Crippen LogP contribution >= 0.6 is 0 Å². The maximum Gasteiger partial charge on any atom is 0.244 e. The second-order valence-corrected chi connectivity index (χ2v) is 6.33. The molecule has 2 aromatic carbocycles. The molecule has 2 N–H and O–H groups in total. The average molecular weight is 379 g/mol. The van der Waals surface area contributed by atoms with Crippen LogP contribution in [0.2, 0.25) is 0 Å². The van der Waals surface area contributed by atoms with E-state index in [9.17, 15) is 4.79 Å². The van der Waals surface area contributed by atoms with Crippen molar-refractivity contribution in [3.05, 3.63) is 59.9 Å². The number of ether oxygens (including phenoxy) is 2. The quantitative estimate of drug-likeness (QED) is 0.556. The monoisotopic (exact) mass is 379 g/mol. The minimum Gasteiger partial charge on any atom is -0.493 e. The van der Waals surface area contributed by atoms with Crippen molar-refractivity contribution in [2.24, 2.45) is 0 Å². The van der Waals surface area contributed by atoms with Crippen LogP contribution in [-0.2, 0) is 11.2 Å². The molecule has 1 heterocycles. The van der Waals surface area contributed by atoms with Gasteiger partial charge in [0.15, 0.2) is 11.5 Å². The minimum atomic E-state index is -0.151. The maximum atomic E-state index is 12.1. The first-order valence-electron chi connectivity index (χ1n) is 9.40. The summed E-state index contributed by atoms with van der Waals surface area (Å²) in [5.74, 6) is 2.07. The number of rotatable bonds is 9. The van der Waals surface area contributed by atoms with E-state index in [2.05, 4.69) is 22.2 Å². The number of H-pyrrole nitrogens is 1. The van der Waals surface area contributed by atoms with Crippen molar-refractivity contribution in [2.75, 3.05) is 20.3 Å². The highest BCUT2D eigenvalue weighted by Gasteiger charge is 2.05. The zero-order chi connectivity index (χ0) is 19.8. The molecule has 0 aliphatic carbocycles. The average Bonchev–Trinajstić information content (AvgIpc) is 3.13. The van der Waals surface area contributed by atoms with Gasteiger partial charge in [0.25, 0.3) is 0 Å². The number of nitrogens with zero attached hydrogens (tertiary/aromatic N) is 1. The molecule has 0 aliphatic rings. The Labute approximate surface area is 164 Å². The van der Waals surface area contributed by atoms with Gasteiger partial charge in [-0.05, 0) is 42.3 Å². The van der Waals surface area contributed by atoms with E-state index in [0.29, 0.717) is 31.1 Å². The van der Waals surface area contributed by atoms with Gasteiger partial charge in [0, 0.05) is 19.0 Å². The summed E-state index contributed by atoms with van der Waals surface area (Å²) in [7, 11) is 1.60. The number of carbonyl (C=O) groups is 1. The number of methoxy groups -OCH3 is 1. The third kappa shape index (κ3) is 5.13. The van der Waals surface area contributed by atoms with E-state index in [-0.39, 0.29) is 5.91 Å². The normalized spacial score (nSPS) is 11.1. The van der Waals surface area contributed by atoms with Gasteiger partial charge in [-0.3, -0.25) is 4.79 Å². The molecule has 146 valence electrons. The lowest BCUT2D eigenvalue weighted by molar-refractivity contribution is -0.116. The molecule has 6 heteroatoms. The number of hydrogen-bond donors (Lipinski definition) is 2. The van der Waals surface area contributed by atoms with Gasteiger partial charge in [0.05, 0.1) is 24.8 Å². The zero-order valence-corrected chi connectivity index (χ0v) is 16.2. The smallest absolute Gasteiger partial charge is 0.244 e. The summed E-state index contributed by atoms with van der Waals surface area (Å²) in [6, 6.07) is 13.5. The van der Waals surface area contributed by atoms with E-state index in [4.69, 9.17) is 9.47 Å². The first-order chi connectivity index (χ1) is 13.7. The Bertz CT molecular complexity index is 930. The third-order valence-electron chi connectivity index (χ3n) is 4.18. The number of amides is 1. The molecule has 0 unspecified atom stereocenters. The van der Waals surface area contributed by atoms with Crippen molar-refractivity contribution in [3.63, 3.8) is 0 Å². The largest absolute Gasteiger partial charge is 0.493 e. The number of para-hydroxylation sites is 2.